The predicted octanol–water partition coefficient (Wildman–Crippen LogP) is 1.05. The number of carbonyl (C=O) groups excluding carboxylic acids is 1. The highest BCUT2D eigenvalue weighted by Crippen LogP contribution is 2.48. The van der Waals surface area contributed by atoms with Gasteiger partial charge in [-0.25, -0.2) is 0 Å². The first-order valence-corrected chi connectivity index (χ1v) is 4.89. The van der Waals surface area contributed by atoms with Gasteiger partial charge in [0.1, 0.15) is 5.60 Å². The highest BCUT2D eigenvalue weighted by atomic mass is 16.6. The lowest BCUT2D eigenvalue weighted by Crippen LogP contribution is -2.39. The van der Waals surface area contributed by atoms with Gasteiger partial charge in [-0.05, 0) is 19.3 Å². The molecule has 0 spiro atoms. The van der Waals surface area contributed by atoms with Crippen LogP contribution in [0.2, 0.25) is 0 Å². The normalized spacial score (nSPS) is 46.1. The van der Waals surface area contributed by atoms with Gasteiger partial charge in [-0.1, -0.05) is 6.92 Å². The molecule has 2 bridgehead atoms. The molecule has 2 rings (SSSR count). The van der Waals surface area contributed by atoms with Gasteiger partial charge in [0.2, 0.25) is 0 Å². The van der Waals surface area contributed by atoms with Gasteiger partial charge >= 0.3 is 11.9 Å². The minimum Gasteiger partial charge on any atom is -0.481 e. The van der Waals surface area contributed by atoms with Crippen LogP contribution in [0.5, 0.6) is 0 Å². The molecule has 2 aliphatic rings. The van der Waals surface area contributed by atoms with Crippen molar-refractivity contribution in [1.82, 2.24) is 0 Å². The van der Waals surface area contributed by atoms with Crippen LogP contribution in [0.4, 0.5) is 0 Å². The number of hydrogen-bond donors (Lipinski definition) is 1. The first-order valence-electron chi connectivity index (χ1n) is 4.89. The predicted molar refractivity (Wildman–Crippen MR) is 47.5 cm³/mol. The molecule has 14 heavy (non-hydrogen) atoms. The Morgan fingerprint density at radius 3 is 2.79 bits per heavy atom. The maximum absolute atomic E-state index is 11.4. The summed E-state index contributed by atoms with van der Waals surface area (Å²) in [5, 5.41) is 9.02. The molecule has 4 heteroatoms. The smallest absolute Gasteiger partial charge is 0.310 e. The molecule has 0 aromatic rings. The molecule has 0 radical (unpaired) electrons. The number of carboxylic acid groups (broad SMARTS) is 1. The molecule has 0 unspecified atom stereocenters. The Labute approximate surface area is 82.2 Å². The molecule has 2 fully saturated rings. The molecule has 1 aliphatic carbocycles. The molecular formula is C10H14O4. The van der Waals surface area contributed by atoms with Crippen molar-refractivity contribution in [2.24, 2.45) is 17.8 Å². The second kappa shape index (κ2) is 2.72. The van der Waals surface area contributed by atoms with E-state index in [9.17, 15) is 9.59 Å². The fraction of sp³-hybridized carbons (Fsp3) is 0.800. The van der Waals surface area contributed by atoms with Gasteiger partial charge in [0.15, 0.2) is 0 Å². The van der Waals surface area contributed by atoms with E-state index >= 15 is 0 Å². The highest BCUT2D eigenvalue weighted by molar-refractivity contribution is 5.83. The summed E-state index contributed by atoms with van der Waals surface area (Å²) in [6.45, 7) is 3.77. The minimum absolute atomic E-state index is 0.0164. The Hall–Kier alpha value is -1.06. The van der Waals surface area contributed by atoms with Crippen molar-refractivity contribution in [3.8, 4) is 0 Å². The molecule has 1 heterocycles. The molecule has 0 aromatic carbocycles. The summed E-state index contributed by atoms with van der Waals surface area (Å²) in [5.41, 5.74) is -0.410. The Morgan fingerprint density at radius 1 is 1.57 bits per heavy atom. The SMILES string of the molecule is C[C@@H]1C[C@@]2(C)C[C@H](C(=O)O2)[C@@H]1C(=O)O. The standard InChI is InChI=1S/C10H14O4/c1-5-3-10(2)4-6(9(13)14-10)7(5)8(11)12/h5-7H,3-4H2,1-2H3,(H,11,12)/t5-,6+,7-,10+/m1/s1. The van der Waals surface area contributed by atoms with Crippen molar-refractivity contribution in [2.75, 3.05) is 0 Å². The monoisotopic (exact) mass is 198 g/mol. The lowest BCUT2D eigenvalue weighted by Gasteiger charge is -2.33. The largest absolute Gasteiger partial charge is 0.481 e. The van der Waals surface area contributed by atoms with Gasteiger partial charge in [-0.15, -0.1) is 0 Å². The lowest BCUT2D eigenvalue weighted by atomic mass is 9.69. The molecule has 1 aliphatic heterocycles. The van der Waals surface area contributed by atoms with Crippen LogP contribution in [-0.4, -0.2) is 22.6 Å². The molecule has 1 saturated heterocycles. The van der Waals surface area contributed by atoms with Crippen LogP contribution in [0.15, 0.2) is 0 Å². The van der Waals surface area contributed by atoms with Crippen LogP contribution in [0.25, 0.3) is 0 Å². The lowest BCUT2D eigenvalue weighted by molar-refractivity contribution is -0.152. The third-order valence-corrected chi connectivity index (χ3v) is 3.39. The van der Waals surface area contributed by atoms with Crippen molar-refractivity contribution in [3.05, 3.63) is 0 Å². The van der Waals surface area contributed by atoms with Crippen molar-refractivity contribution in [2.45, 2.75) is 32.3 Å². The van der Waals surface area contributed by atoms with Gasteiger partial charge in [0.25, 0.3) is 0 Å². The van der Waals surface area contributed by atoms with Crippen LogP contribution in [-0.2, 0) is 14.3 Å². The Morgan fingerprint density at radius 2 is 2.21 bits per heavy atom. The first-order chi connectivity index (χ1) is 6.43. The van der Waals surface area contributed by atoms with Crippen molar-refractivity contribution < 1.29 is 19.4 Å². The summed E-state index contributed by atoms with van der Waals surface area (Å²) >= 11 is 0. The molecule has 0 amide bonds. The number of fused-ring (bicyclic) bond motifs is 2. The van der Waals surface area contributed by atoms with Crippen molar-refractivity contribution in [3.63, 3.8) is 0 Å². The second-order valence-electron chi connectivity index (χ2n) is 4.73. The number of carboxylic acids is 1. The summed E-state index contributed by atoms with van der Waals surface area (Å²) in [7, 11) is 0. The van der Waals surface area contributed by atoms with Crippen LogP contribution < -0.4 is 0 Å². The van der Waals surface area contributed by atoms with Crippen LogP contribution >= 0.6 is 0 Å². The number of carbonyl (C=O) groups is 2. The third-order valence-electron chi connectivity index (χ3n) is 3.39. The van der Waals surface area contributed by atoms with Crippen molar-refractivity contribution >= 4 is 11.9 Å². The quantitative estimate of drug-likeness (QED) is 0.639. The van der Waals surface area contributed by atoms with Crippen molar-refractivity contribution in [1.29, 1.82) is 0 Å². The van der Waals surface area contributed by atoms with Gasteiger partial charge in [0, 0.05) is 6.42 Å². The van der Waals surface area contributed by atoms with E-state index in [4.69, 9.17) is 9.84 Å². The molecule has 0 aromatic heterocycles. The van der Waals surface area contributed by atoms with E-state index in [2.05, 4.69) is 0 Å². The second-order valence-corrected chi connectivity index (χ2v) is 4.73. The van der Waals surface area contributed by atoms with Crippen LogP contribution in [0.3, 0.4) is 0 Å². The number of ether oxygens (including phenoxy) is 1. The van der Waals surface area contributed by atoms with E-state index in [1.54, 1.807) is 0 Å². The fourth-order valence-corrected chi connectivity index (χ4v) is 2.93. The topological polar surface area (TPSA) is 63.6 Å². The van der Waals surface area contributed by atoms with Gasteiger partial charge in [-0.3, -0.25) is 9.59 Å². The molecular weight excluding hydrogens is 184 g/mol. The zero-order valence-electron chi connectivity index (χ0n) is 8.32. The van der Waals surface area contributed by atoms with E-state index in [0.717, 1.165) is 0 Å². The van der Waals surface area contributed by atoms with Gasteiger partial charge in [0.05, 0.1) is 11.8 Å². The van der Waals surface area contributed by atoms with E-state index in [1.807, 2.05) is 13.8 Å². The maximum atomic E-state index is 11.4. The Kier molecular flexibility index (Phi) is 1.84. The van der Waals surface area contributed by atoms with Crippen LogP contribution in [0, 0.1) is 17.8 Å². The third kappa shape index (κ3) is 1.21. The number of rotatable bonds is 1. The minimum atomic E-state index is -0.872. The molecule has 1 saturated carbocycles. The average molecular weight is 198 g/mol. The molecule has 4 nitrogen and oxygen atoms in total. The van der Waals surface area contributed by atoms with E-state index in [1.165, 1.54) is 0 Å². The Balaban J connectivity index is 2.31. The maximum Gasteiger partial charge on any atom is 0.310 e. The number of aliphatic carboxylic acids is 1. The molecule has 4 atom stereocenters. The summed E-state index contributed by atoms with van der Waals surface area (Å²) in [5.74, 6) is -2.17. The Bertz CT molecular complexity index is 298. The fourth-order valence-electron chi connectivity index (χ4n) is 2.93. The van der Waals surface area contributed by atoms with Crippen LogP contribution in [0.1, 0.15) is 26.7 Å². The highest BCUT2D eigenvalue weighted by Gasteiger charge is 2.55. The van der Waals surface area contributed by atoms with E-state index in [0.29, 0.717) is 12.8 Å². The summed E-state index contributed by atoms with van der Waals surface area (Å²) in [6, 6.07) is 0. The summed E-state index contributed by atoms with van der Waals surface area (Å²) in [6.07, 6.45) is 1.22. The zero-order valence-corrected chi connectivity index (χ0v) is 8.32. The number of esters is 1. The molecule has 1 N–H and O–H groups in total. The summed E-state index contributed by atoms with van der Waals surface area (Å²) in [4.78, 5) is 22.4. The number of hydrogen-bond acceptors (Lipinski definition) is 3. The van der Waals surface area contributed by atoms with Gasteiger partial charge in [-0.2, -0.15) is 0 Å². The van der Waals surface area contributed by atoms with Gasteiger partial charge < -0.3 is 9.84 Å². The summed E-state index contributed by atoms with van der Waals surface area (Å²) < 4.78 is 5.22. The average Bonchev–Trinajstić information content (AvgIpc) is 2.21. The molecule has 78 valence electrons. The van der Waals surface area contributed by atoms with E-state index < -0.39 is 23.4 Å². The van der Waals surface area contributed by atoms with E-state index in [-0.39, 0.29) is 11.9 Å². The zero-order chi connectivity index (χ0) is 10.5. The first kappa shape index (κ1) is 9.49.